The molecule has 1 aromatic rings. The summed E-state index contributed by atoms with van der Waals surface area (Å²) in [6.45, 7) is 4.61. The Kier molecular flexibility index (Phi) is 5.98. The van der Waals surface area contributed by atoms with Crippen molar-refractivity contribution in [1.29, 1.82) is 0 Å². The average molecular weight is 368 g/mol. The zero-order valence-corrected chi connectivity index (χ0v) is 15.2. The lowest BCUT2D eigenvalue weighted by atomic mass is 9.97. The van der Waals surface area contributed by atoms with Gasteiger partial charge in [0.2, 0.25) is 5.91 Å². The van der Waals surface area contributed by atoms with Crippen molar-refractivity contribution in [2.24, 2.45) is 5.92 Å². The third-order valence-corrected chi connectivity index (χ3v) is 5.79. The van der Waals surface area contributed by atoms with E-state index in [2.05, 4.69) is 9.59 Å². The molecule has 3 rings (SSSR count). The van der Waals surface area contributed by atoms with Crippen molar-refractivity contribution in [3.05, 3.63) is 10.6 Å². The Morgan fingerprint density at radius 2 is 2.08 bits per heavy atom. The molecular weight excluding hydrogens is 344 g/mol. The summed E-state index contributed by atoms with van der Waals surface area (Å²) in [5, 5.41) is 13.1. The van der Waals surface area contributed by atoms with Gasteiger partial charge in [0, 0.05) is 32.7 Å². The first-order valence-electron chi connectivity index (χ1n) is 8.66. The Bertz CT molecular complexity index is 615. The number of hydrogen-bond acceptors (Lipinski definition) is 7. The summed E-state index contributed by atoms with van der Waals surface area (Å²) in [4.78, 5) is 29.5. The number of aromatic nitrogens is 2. The number of aliphatic hydroxyl groups excluding tert-OH is 1. The highest BCUT2D eigenvalue weighted by Crippen LogP contribution is 2.21. The molecule has 25 heavy (non-hydrogen) atoms. The van der Waals surface area contributed by atoms with Crippen LogP contribution in [0.25, 0.3) is 0 Å². The van der Waals surface area contributed by atoms with Crippen molar-refractivity contribution in [3.63, 3.8) is 0 Å². The van der Waals surface area contributed by atoms with Gasteiger partial charge in [-0.15, -0.1) is 5.10 Å². The normalized spacial score (nSPS) is 22.2. The molecule has 2 aliphatic rings. The van der Waals surface area contributed by atoms with Crippen LogP contribution in [0.5, 0.6) is 0 Å². The summed E-state index contributed by atoms with van der Waals surface area (Å²) in [5.41, 5.74) is 0.623. The van der Waals surface area contributed by atoms with Gasteiger partial charge in [0.1, 0.15) is 4.88 Å². The van der Waals surface area contributed by atoms with E-state index < -0.39 is 0 Å². The summed E-state index contributed by atoms with van der Waals surface area (Å²) in [6.07, 6.45) is 1.93. The fourth-order valence-electron chi connectivity index (χ4n) is 3.35. The molecule has 0 unspecified atom stereocenters. The van der Waals surface area contributed by atoms with Crippen LogP contribution in [0, 0.1) is 12.8 Å². The van der Waals surface area contributed by atoms with E-state index in [4.69, 9.17) is 4.74 Å². The number of carbonyl (C=O) groups excluding carboxylic acids is 2. The molecular formula is C16H24N4O4S. The van der Waals surface area contributed by atoms with Gasteiger partial charge in [-0.1, -0.05) is 4.49 Å². The van der Waals surface area contributed by atoms with Crippen molar-refractivity contribution < 1.29 is 19.4 Å². The fraction of sp³-hybridized carbons (Fsp3) is 0.750. The fourth-order valence-corrected chi connectivity index (χ4v) is 3.96. The number of aliphatic hydroxyl groups is 1. The van der Waals surface area contributed by atoms with Crippen molar-refractivity contribution >= 4 is 23.3 Å². The Morgan fingerprint density at radius 1 is 1.32 bits per heavy atom. The number of likely N-dealkylation sites (tertiary alicyclic amines) is 1. The van der Waals surface area contributed by atoms with Crippen LogP contribution in [0.2, 0.25) is 0 Å². The zero-order valence-electron chi connectivity index (χ0n) is 14.4. The van der Waals surface area contributed by atoms with Crippen LogP contribution in [-0.2, 0) is 9.53 Å². The molecule has 0 aromatic carbocycles. The van der Waals surface area contributed by atoms with Crippen LogP contribution in [0.1, 0.15) is 34.6 Å². The number of hydrogen-bond donors (Lipinski definition) is 1. The number of carbonyl (C=O) groups is 2. The molecule has 3 heterocycles. The van der Waals surface area contributed by atoms with Crippen LogP contribution in [0.4, 0.5) is 0 Å². The number of amides is 2. The molecule has 2 aliphatic heterocycles. The van der Waals surface area contributed by atoms with Crippen molar-refractivity contribution in [2.75, 3.05) is 39.5 Å². The summed E-state index contributed by atoms with van der Waals surface area (Å²) in [5.74, 6) is 0.221. The van der Waals surface area contributed by atoms with Gasteiger partial charge in [-0.3, -0.25) is 9.59 Å². The van der Waals surface area contributed by atoms with E-state index in [1.54, 1.807) is 11.8 Å². The monoisotopic (exact) mass is 368 g/mol. The first-order chi connectivity index (χ1) is 12.1. The Hall–Kier alpha value is -1.58. The van der Waals surface area contributed by atoms with E-state index in [0.29, 0.717) is 49.3 Å². The van der Waals surface area contributed by atoms with E-state index in [0.717, 1.165) is 24.4 Å². The van der Waals surface area contributed by atoms with E-state index in [1.807, 2.05) is 4.90 Å². The maximum Gasteiger partial charge on any atom is 0.267 e. The first kappa shape index (κ1) is 18.2. The van der Waals surface area contributed by atoms with Gasteiger partial charge < -0.3 is 19.6 Å². The number of morpholine rings is 1. The second-order valence-electron chi connectivity index (χ2n) is 6.63. The minimum Gasteiger partial charge on any atom is -0.396 e. The molecule has 0 radical (unpaired) electrons. The highest BCUT2D eigenvalue weighted by atomic mass is 32.1. The highest BCUT2D eigenvalue weighted by Gasteiger charge is 2.33. The lowest BCUT2D eigenvalue weighted by Crippen LogP contribution is -2.51. The van der Waals surface area contributed by atoms with Gasteiger partial charge in [-0.25, -0.2) is 0 Å². The standard InChI is InChI=1S/C16H24N4O4S/c1-11-15(25-18-17-11)16(23)20-6-7-24-10-13(20)8-14(22)19-4-2-12(9-21)3-5-19/h12-13,21H,2-10H2,1H3/t13-/m1/s1. The SMILES string of the molecule is Cc1nnsc1C(=O)N1CCOC[C@H]1CC(=O)N1CCC(CO)CC1. The molecule has 0 bridgehead atoms. The topological polar surface area (TPSA) is 95.9 Å². The van der Waals surface area contributed by atoms with E-state index in [1.165, 1.54) is 0 Å². The van der Waals surface area contributed by atoms with Crippen LogP contribution in [-0.4, -0.2) is 81.8 Å². The number of ether oxygens (including phenoxy) is 1. The largest absolute Gasteiger partial charge is 0.396 e. The van der Waals surface area contributed by atoms with E-state index in [-0.39, 0.29) is 30.9 Å². The summed E-state index contributed by atoms with van der Waals surface area (Å²) in [6, 6.07) is -0.259. The third kappa shape index (κ3) is 4.16. The summed E-state index contributed by atoms with van der Waals surface area (Å²) < 4.78 is 9.34. The van der Waals surface area contributed by atoms with Gasteiger partial charge in [0.25, 0.3) is 5.91 Å². The first-order valence-corrected chi connectivity index (χ1v) is 9.43. The Morgan fingerprint density at radius 3 is 2.72 bits per heavy atom. The molecule has 0 saturated carbocycles. The molecule has 1 N–H and O–H groups in total. The molecule has 1 aromatic heterocycles. The van der Waals surface area contributed by atoms with Gasteiger partial charge in [0.15, 0.2) is 0 Å². The van der Waals surface area contributed by atoms with E-state index in [9.17, 15) is 14.7 Å². The number of nitrogens with zero attached hydrogens (tertiary/aromatic N) is 4. The Labute approximate surface area is 150 Å². The van der Waals surface area contributed by atoms with Crippen LogP contribution >= 0.6 is 11.5 Å². The van der Waals surface area contributed by atoms with Crippen molar-refractivity contribution in [2.45, 2.75) is 32.2 Å². The predicted molar refractivity (Wildman–Crippen MR) is 91.3 cm³/mol. The van der Waals surface area contributed by atoms with Crippen LogP contribution in [0.15, 0.2) is 0 Å². The number of rotatable bonds is 4. The third-order valence-electron chi connectivity index (χ3n) is 4.97. The lowest BCUT2D eigenvalue weighted by Gasteiger charge is -2.37. The average Bonchev–Trinajstić information content (AvgIpc) is 3.07. The quantitative estimate of drug-likeness (QED) is 0.822. The highest BCUT2D eigenvalue weighted by molar-refractivity contribution is 7.07. The van der Waals surface area contributed by atoms with Crippen LogP contribution < -0.4 is 0 Å². The maximum atomic E-state index is 12.8. The molecule has 2 amide bonds. The van der Waals surface area contributed by atoms with Gasteiger partial charge >= 0.3 is 0 Å². The number of piperidine rings is 1. The van der Waals surface area contributed by atoms with Crippen LogP contribution in [0.3, 0.4) is 0 Å². The Balaban J connectivity index is 1.62. The number of aryl methyl sites for hydroxylation is 1. The minimum atomic E-state index is -0.259. The second-order valence-corrected chi connectivity index (χ2v) is 7.38. The summed E-state index contributed by atoms with van der Waals surface area (Å²) in [7, 11) is 0. The molecule has 2 fully saturated rings. The van der Waals surface area contributed by atoms with E-state index >= 15 is 0 Å². The predicted octanol–water partition coefficient (Wildman–Crippen LogP) is 0.309. The lowest BCUT2D eigenvalue weighted by molar-refractivity contribution is -0.135. The smallest absolute Gasteiger partial charge is 0.267 e. The van der Waals surface area contributed by atoms with Gasteiger partial charge in [-0.05, 0) is 37.2 Å². The molecule has 0 aliphatic carbocycles. The van der Waals surface area contributed by atoms with Gasteiger partial charge in [-0.2, -0.15) is 0 Å². The van der Waals surface area contributed by atoms with Gasteiger partial charge in [0.05, 0.1) is 24.9 Å². The second kappa shape index (κ2) is 8.20. The molecule has 8 nitrogen and oxygen atoms in total. The van der Waals surface area contributed by atoms with Crippen molar-refractivity contribution in [1.82, 2.24) is 19.4 Å². The molecule has 9 heteroatoms. The summed E-state index contributed by atoms with van der Waals surface area (Å²) >= 11 is 1.09. The zero-order chi connectivity index (χ0) is 17.8. The minimum absolute atomic E-state index is 0.0452. The van der Waals surface area contributed by atoms with Crippen molar-refractivity contribution in [3.8, 4) is 0 Å². The maximum absolute atomic E-state index is 12.8. The molecule has 138 valence electrons. The molecule has 1 atom stereocenters. The molecule has 0 spiro atoms. The molecule has 2 saturated heterocycles.